The number of nitrogens with one attached hydrogen (secondary N) is 2. The van der Waals surface area contributed by atoms with E-state index in [4.69, 9.17) is 4.74 Å². The predicted octanol–water partition coefficient (Wildman–Crippen LogP) is 2.17. The Morgan fingerprint density at radius 2 is 1.92 bits per heavy atom. The van der Waals surface area contributed by atoms with Gasteiger partial charge in [0.1, 0.15) is 5.75 Å². The fourth-order valence-corrected chi connectivity index (χ4v) is 3.98. The number of carbonyl (C=O) groups excluding carboxylic acids is 1. The van der Waals surface area contributed by atoms with Crippen molar-refractivity contribution in [2.24, 2.45) is 0 Å². The number of aryl methyl sites for hydroxylation is 1. The summed E-state index contributed by atoms with van der Waals surface area (Å²) in [6.45, 7) is 0.401. The Balaban J connectivity index is 1.66. The van der Waals surface area contributed by atoms with Gasteiger partial charge < -0.3 is 10.1 Å². The van der Waals surface area contributed by atoms with E-state index in [2.05, 4.69) is 16.1 Å². The number of amides is 1. The number of hydrogen-bond donors (Lipinski definition) is 2. The average Bonchev–Trinajstić information content (AvgIpc) is 3.12. The van der Waals surface area contributed by atoms with Crippen molar-refractivity contribution in [3.8, 4) is 5.75 Å². The maximum absolute atomic E-state index is 12.1. The van der Waals surface area contributed by atoms with Crippen LogP contribution in [0.25, 0.3) is 0 Å². The van der Waals surface area contributed by atoms with E-state index in [1.165, 1.54) is 24.1 Å². The molecule has 0 aliphatic rings. The lowest BCUT2D eigenvalue weighted by Gasteiger charge is -2.08. The minimum atomic E-state index is -3.59. The lowest BCUT2D eigenvalue weighted by molar-refractivity contribution is -0.121. The van der Waals surface area contributed by atoms with Gasteiger partial charge in [-0.15, -0.1) is 11.3 Å². The van der Waals surface area contributed by atoms with E-state index >= 15 is 0 Å². The van der Waals surface area contributed by atoms with E-state index < -0.39 is 10.0 Å². The van der Waals surface area contributed by atoms with Gasteiger partial charge in [-0.1, -0.05) is 6.07 Å². The average molecular weight is 383 g/mol. The zero-order valence-electron chi connectivity index (χ0n) is 14.0. The van der Waals surface area contributed by atoms with Crippen molar-refractivity contribution in [2.45, 2.75) is 24.2 Å². The Morgan fingerprint density at radius 3 is 2.56 bits per heavy atom. The summed E-state index contributed by atoms with van der Waals surface area (Å²) < 4.78 is 31.7. The molecule has 1 aromatic heterocycles. The van der Waals surface area contributed by atoms with Crippen LogP contribution in [0.15, 0.2) is 46.7 Å². The van der Waals surface area contributed by atoms with E-state index in [1.54, 1.807) is 23.5 Å². The van der Waals surface area contributed by atoms with E-state index in [0.29, 0.717) is 12.2 Å². The van der Waals surface area contributed by atoms with Gasteiger partial charge in [-0.05, 0) is 48.6 Å². The molecule has 2 N–H and O–H groups in total. The second-order valence-electron chi connectivity index (χ2n) is 5.36. The lowest BCUT2D eigenvalue weighted by atomic mass is 10.2. The standard InChI is InChI=1S/C17H22N2O4S2/c1-23-14-7-9-16(10-8-14)25(21,22)19-12-11-18-17(20)6-2-4-15-5-3-13-24-15/h3,5,7-10,13,19H,2,4,6,11-12H2,1H3,(H,18,20). The number of rotatable bonds is 10. The molecule has 0 unspecified atom stereocenters. The second-order valence-corrected chi connectivity index (χ2v) is 8.16. The summed E-state index contributed by atoms with van der Waals surface area (Å²) in [5, 5.41) is 4.74. The second kappa shape index (κ2) is 9.55. The van der Waals surface area contributed by atoms with E-state index in [1.807, 2.05) is 11.4 Å². The number of thiophene rings is 1. The van der Waals surface area contributed by atoms with Crippen molar-refractivity contribution in [3.63, 3.8) is 0 Å². The number of methoxy groups -OCH3 is 1. The van der Waals surface area contributed by atoms with Crippen molar-refractivity contribution in [1.82, 2.24) is 10.0 Å². The van der Waals surface area contributed by atoms with Crippen LogP contribution in [-0.4, -0.2) is 34.5 Å². The van der Waals surface area contributed by atoms with Crippen LogP contribution < -0.4 is 14.8 Å². The first-order valence-corrected chi connectivity index (χ1v) is 10.3. The summed E-state index contributed by atoms with van der Waals surface area (Å²) in [5.74, 6) is 0.522. The topological polar surface area (TPSA) is 84.5 Å². The van der Waals surface area contributed by atoms with Gasteiger partial charge in [-0.2, -0.15) is 0 Å². The fraction of sp³-hybridized carbons (Fsp3) is 0.353. The molecule has 0 saturated carbocycles. The number of ether oxygens (including phenoxy) is 1. The van der Waals surface area contributed by atoms with Gasteiger partial charge >= 0.3 is 0 Å². The Hall–Kier alpha value is -1.90. The number of sulfonamides is 1. The number of carbonyl (C=O) groups is 1. The Kier molecular flexibility index (Phi) is 7.42. The van der Waals surface area contributed by atoms with E-state index in [-0.39, 0.29) is 23.9 Å². The molecule has 0 aliphatic heterocycles. The lowest BCUT2D eigenvalue weighted by Crippen LogP contribution is -2.34. The molecule has 2 rings (SSSR count). The van der Waals surface area contributed by atoms with Crippen LogP contribution in [0, 0.1) is 0 Å². The van der Waals surface area contributed by atoms with Gasteiger partial charge in [0.25, 0.3) is 0 Å². The Labute approximate surface area is 152 Å². The minimum absolute atomic E-state index is 0.0693. The third-order valence-electron chi connectivity index (χ3n) is 3.52. The highest BCUT2D eigenvalue weighted by Gasteiger charge is 2.13. The van der Waals surface area contributed by atoms with Crippen molar-refractivity contribution in [1.29, 1.82) is 0 Å². The van der Waals surface area contributed by atoms with Crippen LogP contribution in [0.2, 0.25) is 0 Å². The SMILES string of the molecule is COc1ccc(S(=O)(=O)NCCNC(=O)CCCc2cccs2)cc1. The van der Waals surface area contributed by atoms with Gasteiger partial charge in [0.2, 0.25) is 15.9 Å². The van der Waals surface area contributed by atoms with Crippen LogP contribution in [-0.2, 0) is 21.2 Å². The molecule has 6 nitrogen and oxygen atoms in total. The Bertz CT molecular complexity index is 756. The molecule has 136 valence electrons. The summed E-state index contributed by atoms with van der Waals surface area (Å²) in [4.78, 5) is 13.2. The molecule has 1 heterocycles. The van der Waals surface area contributed by atoms with Gasteiger partial charge in [-0.25, -0.2) is 13.1 Å². The first kappa shape index (κ1) is 19.4. The van der Waals surface area contributed by atoms with Crippen molar-refractivity contribution < 1.29 is 17.9 Å². The van der Waals surface area contributed by atoms with Crippen LogP contribution in [0.5, 0.6) is 5.75 Å². The summed E-state index contributed by atoms with van der Waals surface area (Å²) in [5.41, 5.74) is 0. The van der Waals surface area contributed by atoms with Gasteiger partial charge in [0.15, 0.2) is 0 Å². The quantitative estimate of drug-likeness (QED) is 0.617. The van der Waals surface area contributed by atoms with E-state index in [0.717, 1.165) is 12.8 Å². The molecule has 8 heteroatoms. The molecule has 0 atom stereocenters. The maximum atomic E-state index is 12.1. The summed E-state index contributed by atoms with van der Waals surface area (Å²) in [7, 11) is -2.07. The van der Waals surface area contributed by atoms with Crippen LogP contribution in [0.1, 0.15) is 17.7 Å². The van der Waals surface area contributed by atoms with Gasteiger partial charge in [0, 0.05) is 24.4 Å². The first-order valence-electron chi connectivity index (χ1n) is 7.94. The van der Waals surface area contributed by atoms with Crippen molar-refractivity contribution >= 4 is 27.3 Å². The molecule has 25 heavy (non-hydrogen) atoms. The molecule has 1 amide bonds. The summed E-state index contributed by atoms with van der Waals surface area (Å²) >= 11 is 1.68. The molecule has 1 aromatic carbocycles. The number of hydrogen-bond acceptors (Lipinski definition) is 5. The Morgan fingerprint density at radius 1 is 1.16 bits per heavy atom. The zero-order chi connectivity index (χ0) is 18.1. The molecule has 0 bridgehead atoms. The zero-order valence-corrected chi connectivity index (χ0v) is 15.7. The smallest absolute Gasteiger partial charge is 0.240 e. The van der Waals surface area contributed by atoms with Gasteiger partial charge in [0.05, 0.1) is 12.0 Å². The largest absolute Gasteiger partial charge is 0.497 e. The van der Waals surface area contributed by atoms with Crippen molar-refractivity contribution in [3.05, 3.63) is 46.7 Å². The minimum Gasteiger partial charge on any atom is -0.497 e. The van der Waals surface area contributed by atoms with Crippen LogP contribution in [0.4, 0.5) is 0 Å². The molecule has 0 saturated heterocycles. The summed E-state index contributed by atoms with van der Waals surface area (Å²) in [6.07, 6.45) is 2.10. The molecule has 0 radical (unpaired) electrons. The van der Waals surface area contributed by atoms with Crippen LogP contribution in [0.3, 0.4) is 0 Å². The molecule has 0 aliphatic carbocycles. The van der Waals surface area contributed by atoms with E-state index in [9.17, 15) is 13.2 Å². The molecule has 2 aromatic rings. The molecular formula is C17H22N2O4S2. The third kappa shape index (κ3) is 6.49. The van der Waals surface area contributed by atoms with Gasteiger partial charge in [-0.3, -0.25) is 4.79 Å². The first-order chi connectivity index (χ1) is 12.0. The third-order valence-corrected chi connectivity index (χ3v) is 5.93. The highest BCUT2D eigenvalue weighted by molar-refractivity contribution is 7.89. The fourth-order valence-electron chi connectivity index (χ4n) is 2.19. The predicted molar refractivity (Wildman–Crippen MR) is 98.4 cm³/mol. The van der Waals surface area contributed by atoms with Crippen molar-refractivity contribution in [2.75, 3.05) is 20.2 Å². The van der Waals surface area contributed by atoms with Crippen LogP contribution >= 0.6 is 11.3 Å². The molecular weight excluding hydrogens is 360 g/mol. The maximum Gasteiger partial charge on any atom is 0.240 e. The molecule has 0 spiro atoms. The summed E-state index contributed by atoms with van der Waals surface area (Å²) in [6, 6.07) is 10.2. The monoisotopic (exact) mass is 382 g/mol. The highest BCUT2D eigenvalue weighted by atomic mass is 32.2. The number of benzene rings is 1. The highest BCUT2D eigenvalue weighted by Crippen LogP contribution is 2.15. The normalized spacial score (nSPS) is 11.2. The molecule has 0 fully saturated rings.